The Morgan fingerprint density at radius 3 is 2.29 bits per heavy atom. The van der Waals surface area contributed by atoms with Gasteiger partial charge >= 0.3 is 0 Å². The van der Waals surface area contributed by atoms with Gasteiger partial charge in [0.1, 0.15) is 15.9 Å². The summed E-state index contributed by atoms with van der Waals surface area (Å²) in [4.78, 5) is 25.2. The highest BCUT2D eigenvalue weighted by Crippen LogP contribution is 2.28. The summed E-state index contributed by atoms with van der Waals surface area (Å²) in [5.41, 5.74) is 0. The number of halogens is 2. The number of piperidine rings is 1. The number of anilines is 1. The number of rotatable bonds is 4. The first-order valence-corrected chi connectivity index (χ1v) is 12.3. The monoisotopic (exact) mass is 483 g/mol. The summed E-state index contributed by atoms with van der Waals surface area (Å²) >= 11 is 11.9. The van der Waals surface area contributed by atoms with Crippen molar-refractivity contribution < 1.29 is 13.2 Å². The van der Waals surface area contributed by atoms with Crippen molar-refractivity contribution in [2.75, 3.05) is 44.2 Å². The van der Waals surface area contributed by atoms with Gasteiger partial charge in [0.05, 0.1) is 5.02 Å². The summed E-state index contributed by atoms with van der Waals surface area (Å²) < 4.78 is 27.1. The molecular formula is C20H23Cl2N5O3S. The third-order valence-electron chi connectivity index (χ3n) is 5.77. The molecule has 0 saturated carbocycles. The molecule has 0 aromatic carbocycles. The van der Waals surface area contributed by atoms with E-state index in [1.165, 1.54) is 16.6 Å². The lowest BCUT2D eigenvalue weighted by Gasteiger charge is -2.38. The summed E-state index contributed by atoms with van der Waals surface area (Å²) in [6.07, 6.45) is 4.06. The van der Waals surface area contributed by atoms with Crippen molar-refractivity contribution in [3.63, 3.8) is 0 Å². The Morgan fingerprint density at radius 1 is 0.968 bits per heavy atom. The maximum atomic E-state index is 13.0. The van der Waals surface area contributed by atoms with E-state index in [0.29, 0.717) is 57.1 Å². The smallest absolute Gasteiger partial charge is 0.246 e. The van der Waals surface area contributed by atoms with Crippen molar-refractivity contribution in [2.24, 2.45) is 5.92 Å². The zero-order valence-corrected chi connectivity index (χ0v) is 19.2. The van der Waals surface area contributed by atoms with Crippen LogP contribution in [0.25, 0.3) is 0 Å². The molecule has 11 heteroatoms. The summed E-state index contributed by atoms with van der Waals surface area (Å²) in [5, 5.41) is 0.561. The molecule has 0 atom stereocenters. The molecule has 0 spiro atoms. The molecule has 2 fully saturated rings. The molecule has 166 valence electrons. The molecule has 2 aromatic rings. The van der Waals surface area contributed by atoms with E-state index in [-0.39, 0.29) is 21.9 Å². The fourth-order valence-corrected chi connectivity index (χ4v) is 6.02. The molecule has 0 unspecified atom stereocenters. The zero-order valence-electron chi connectivity index (χ0n) is 16.8. The molecule has 0 bridgehead atoms. The normalized spacial score (nSPS) is 18.9. The molecule has 0 aliphatic carbocycles. The molecule has 2 saturated heterocycles. The fraction of sp³-hybridized carbons (Fsp3) is 0.450. The van der Waals surface area contributed by atoms with E-state index in [1.807, 2.05) is 17.0 Å². The average molecular weight is 484 g/mol. The highest BCUT2D eigenvalue weighted by atomic mass is 35.5. The van der Waals surface area contributed by atoms with Crippen molar-refractivity contribution >= 4 is 45.0 Å². The van der Waals surface area contributed by atoms with E-state index in [2.05, 4.69) is 14.9 Å². The van der Waals surface area contributed by atoms with Gasteiger partial charge in [-0.05, 0) is 37.1 Å². The zero-order chi connectivity index (χ0) is 22.0. The van der Waals surface area contributed by atoms with Crippen LogP contribution in [-0.4, -0.2) is 72.8 Å². The molecule has 4 rings (SSSR count). The van der Waals surface area contributed by atoms with Gasteiger partial charge in [-0.25, -0.2) is 18.4 Å². The molecular weight excluding hydrogens is 461 g/mol. The summed E-state index contributed by atoms with van der Waals surface area (Å²) in [6, 6.07) is 6.69. The number of amides is 1. The average Bonchev–Trinajstić information content (AvgIpc) is 2.79. The van der Waals surface area contributed by atoms with Gasteiger partial charge in [0.2, 0.25) is 15.9 Å². The van der Waals surface area contributed by atoms with Gasteiger partial charge < -0.3 is 9.80 Å². The van der Waals surface area contributed by atoms with Gasteiger partial charge in [-0.3, -0.25) is 4.79 Å². The van der Waals surface area contributed by atoms with Crippen LogP contribution in [-0.2, 0) is 14.8 Å². The topological polar surface area (TPSA) is 86.7 Å². The summed E-state index contributed by atoms with van der Waals surface area (Å²) in [5.74, 6) is 0.778. The predicted octanol–water partition coefficient (Wildman–Crippen LogP) is 2.53. The van der Waals surface area contributed by atoms with Crippen LogP contribution in [0.3, 0.4) is 0 Å². The second-order valence-corrected chi connectivity index (χ2v) is 10.3. The SMILES string of the molecule is O=C(C1CCN(S(=O)(=O)c2cccnc2Cl)CC1)N1CCN(c2ccc(Cl)cn2)CC1. The van der Waals surface area contributed by atoms with Gasteiger partial charge in [-0.15, -0.1) is 0 Å². The van der Waals surface area contributed by atoms with E-state index >= 15 is 0 Å². The van der Waals surface area contributed by atoms with Crippen LogP contribution in [0, 0.1) is 5.92 Å². The van der Waals surface area contributed by atoms with E-state index in [4.69, 9.17) is 23.2 Å². The highest BCUT2D eigenvalue weighted by molar-refractivity contribution is 7.89. The number of aromatic nitrogens is 2. The molecule has 0 N–H and O–H groups in total. The number of piperazine rings is 1. The number of pyridine rings is 2. The van der Waals surface area contributed by atoms with E-state index in [1.54, 1.807) is 12.3 Å². The number of nitrogens with zero attached hydrogens (tertiary/aromatic N) is 5. The first-order valence-electron chi connectivity index (χ1n) is 10.1. The Balaban J connectivity index is 1.32. The van der Waals surface area contributed by atoms with Crippen LogP contribution >= 0.6 is 23.2 Å². The minimum absolute atomic E-state index is 0.00775. The quantitative estimate of drug-likeness (QED) is 0.620. The second-order valence-electron chi connectivity index (χ2n) is 7.62. The van der Waals surface area contributed by atoms with E-state index < -0.39 is 10.0 Å². The first-order chi connectivity index (χ1) is 14.9. The number of carbonyl (C=O) groups is 1. The summed E-state index contributed by atoms with van der Waals surface area (Å²) in [6.45, 7) is 3.22. The van der Waals surface area contributed by atoms with Crippen LogP contribution in [0.5, 0.6) is 0 Å². The Morgan fingerprint density at radius 2 is 1.68 bits per heavy atom. The van der Waals surface area contributed by atoms with Crippen LogP contribution in [0.1, 0.15) is 12.8 Å². The molecule has 2 aliphatic heterocycles. The fourth-order valence-electron chi connectivity index (χ4n) is 4.02. The minimum Gasteiger partial charge on any atom is -0.353 e. The van der Waals surface area contributed by atoms with Crippen molar-refractivity contribution in [1.82, 2.24) is 19.2 Å². The Kier molecular flexibility index (Phi) is 6.66. The number of sulfonamides is 1. The Hall–Kier alpha value is -1.94. The molecule has 1 amide bonds. The number of hydrogen-bond acceptors (Lipinski definition) is 6. The van der Waals surface area contributed by atoms with Crippen LogP contribution in [0.15, 0.2) is 41.6 Å². The Labute approximate surface area is 191 Å². The standard InChI is InChI=1S/C20H23Cl2N5O3S/c21-16-3-4-18(24-14-16)25-10-12-26(13-11-25)20(28)15-5-8-27(9-6-15)31(29,30)17-2-1-7-23-19(17)22/h1-4,7,14-15H,5-6,8-13H2. The third-order valence-corrected chi connectivity index (χ3v) is 8.34. The highest BCUT2D eigenvalue weighted by Gasteiger charge is 2.35. The van der Waals surface area contributed by atoms with E-state index in [9.17, 15) is 13.2 Å². The number of hydrogen-bond donors (Lipinski definition) is 0. The molecule has 4 heterocycles. The minimum atomic E-state index is -3.72. The van der Waals surface area contributed by atoms with Crippen LogP contribution in [0.4, 0.5) is 5.82 Å². The maximum Gasteiger partial charge on any atom is 0.246 e. The largest absolute Gasteiger partial charge is 0.353 e. The summed E-state index contributed by atoms with van der Waals surface area (Å²) in [7, 11) is -3.72. The lowest BCUT2D eigenvalue weighted by Crippen LogP contribution is -2.52. The molecule has 8 nitrogen and oxygen atoms in total. The van der Waals surface area contributed by atoms with Crippen molar-refractivity contribution in [3.8, 4) is 0 Å². The van der Waals surface area contributed by atoms with Crippen molar-refractivity contribution in [2.45, 2.75) is 17.7 Å². The molecule has 2 aliphatic rings. The molecule has 0 radical (unpaired) electrons. The van der Waals surface area contributed by atoms with E-state index in [0.717, 1.165) is 5.82 Å². The van der Waals surface area contributed by atoms with Gasteiger partial charge in [0, 0.05) is 57.6 Å². The van der Waals surface area contributed by atoms with Crippen molar-refractivity contribution in [3.05, 3.63) is 46.8 Å². The van der Waals surface area contributed by atoms with Gasteiger partial charge in [0.25, 0.3) is 0 Å². The molecule has 2 aromatic heterocycles. The lowest BCUT2D eigenvalue weighted by atomic mass is 9.96. The molecule has 31 heavy (non-hydrogen) atoms. The second kappa shape index (κ2) is 9.28. The lowest BCUT2D eigenvalue weighted by molar-refractivity contribution is -0.137. The third kappa shape index (κ3) is 4.79. The first kappa shape index (κ1) is 22.3. The van der Waals surface area contributed by atoms with Crippen LogP contribution in [0.2, 0.25) is 10.2 Å². The van der Waals surface area contributed by atoms with Crippen LogP contribution < -0.4 is 4.90 Å². The number of carbonyl (C=O) groups excluding carboxylic acids is 1. The predicted molar refractivity (Wildman–Crippen MR) is 119 cm³/mol. The Bertz CT molecular complexity index is 1040. The maximum absolute atomic E-state index is 13.0. The van der Waals surface area contributed by atoms with Gasteiger partial charge in [-0.1, -0.05) is 23.2 Å². The van der Waals surface area contributed by atoms with Gasteiger partial charge in [0.15, 0.2) is 0 Å². The van der Waals surface area contributed by atoms with Crippen molar-refractivity contribution in [1.29, 1.82) is 0 Å². The van der Waals surface area contributed by atoms with Gasteiger partial charge in [-0.2, -0.15) is 4.31 Å².